The molecule has 158 valence electrons. The Morgan fingerprint density at radius 2 is 1.96 bits per heavy atom. The lowest BCUT2D eigenvalue weighted by molar-refractivity contribution is 0.0972. The molecule has 2 fully saturated rings. The maximum Gasteiger partial charge on any atom is 0.270 e. The monoisotopic (exact) mass is 523 g/mol. The second-order valence-corrected chi connectivity index (χ2v) is 11.9. The molecule has 28 heavy (non-hydrogen) atoms. The fourth-order valence-electron chi connectivity index (χ4n) is 3.96. The third-order valence-corrected chi connectivity index (χ3v) is 8.43. The van der Waals surface area contributed by atoms with E-state index in [9.17, 15) is 9.00 Å². The molecule has 10 heteroatoms. The van der Waals surface area contributed by atoms with Crippen LogP contribution in [0.1, 0.15) is 40.5 Å². The first-order valence-corrected chi connectivity index (χ1v) is 11.8. The van der Waals surface area contributed by atoms with Crippen molar-refractivity contribution in [1.82, 2.24) is 14.3 Å². The number of nitrogens with one attached hydrogen (secondary N) is 1. The van der Waals surface area contributed by atoms with Crippen molar-refractivity contribution in [3.8, 4) is 0 Å². The van der Waals surface area contributed by atoms with Crippen molar-refractivity contribution in [3.05, 3.63) is 13.9 Å². The summed E-state index contributed by atoms with van der Waals surface area (Å²) in [4.78, 5) is 18.9. The van der Waals surface area contributed by atoms with Crippen LogP contribution in [0.2, 0.25) is 0 Å². The molecule has 3 atom stereocenters. The largest absolute Gasteiger partial charge is 0.383 e. The number of aromatic nitrogens is 2. The maximum absolute atomic E-state index is 12.7. The second kappa shape index (κ2) is 7.84. The minimum Gasteiger partial charge on any atom is -0.383 e. The number of nitrogen functional groups attached to an aromatic ring is 1. The first-order valence-electron chi connectivity index (χ1n) is 9.53. The first-order chi connectivity index (χ1) is 13.0. The number of piperidine rings is 1. The van der Waals surface area contributed by atoms with Crippen molar-refractivity contribution >= 4 is 45.3 Å². The van der Waals surface area contributed by atoms with E-state index in [-0.39, 0.29) is 33.7 Å². The van der Waals surface area contributed by atoms with Crippen LogP contribution in [0.25, 0.3) is 0 Å². The van der Waals surface area contributed by atoms with E-state index in [4.69, 9.17) is 10.5 Å². The van der Waals surface area contributed by atoms with Gasteiger partial charge in [0.05, 0.1) is 34.5 Å². The summed E-state index contributed by atoms with van der Waals surface area (Å²) in [6.07, 6.45) is 1.75. The second-order valence-electron chi connectivity index (χ2n) is 8.82. The average molecular weight is 523 g/mol. The molecule has 0 saturated carbocycles. The summed E-state index contributed by atoms with van der Waals surface area (Å²) in [7, 11) is 0.579. The molecule has 1 spiro atoms. The minimum atomic E-state index is -1.15. The standard InChI is InChI=1S/C18H30IN5O3S/c1-11-13(22-28(26)17(2,3)4)18(10-27-11)6-8-24(9-7-18)16-21-14(20)12(19)15(25)23(16)5/h11,13,22H,6-10,20H2,1-5H3/t11-,13+,28+/m0/s1. The molecule has 0 aliphatic carbocycles. The van der Waals surface area contributed by atoms with Gasteiger partial charge in [-0.15, -0.1) is 0 Å². The van der Waals surface area contributed by atoms with Crippen molar-refractivity contribution in [1.29, 1.82) is 0 Å². The highest BCUT2D eigenvalue weighted by Crippen LogP contribution is 2.43. The Kier molecular flexibility index (Phi) is 6.15. The van der Waals surface area contributed by atoms with E-state index >= 15 is 0 Å². The summed E-state index contributed by atoms with van der Waals surface area (Å²) in [6, 6.07) is 0.0354. The Bertz CT molecular complexity index is 830. The predicted molar refractivity (Wildman–Crippen MR) is 121 cm³/mol. The highest BCUT2D eigenvalue weighted by molar-refractivity contribution is 14.1. The molecule has 3 rings (SSSR count). The molecule has 3 heterocycles. The fraction of sp³-hybridized carbons (Fsp3) is 0.778. The third kappa shape index (κ3) is 3.97. The van der Waals surface area contributed by atoms with Crippen molar-refractivity contribution < 1.29 is 8.95 Å². The van der Waals surface area contributed by atoms with E-state index in [1.54, 1.807) is 11.6 Å². The van der Waals surface area contributed by atoms with E-state index in [1.165, 1.54) is 0 Å². The summed E-state index contributed by atoms with van der Waals surface area (Å²) in [6.45, 7) is 10.1. The molecule has 0 amide bonds. The molecule has 2 saturated heterocycles. The fourth-order valence-corrected chi connectivity index (χ4v) is 5.47. The number of halogens is 1. The molecule has 1 aromatic heterocycles. The van der Waals surface area contributed by atoms with E-state index < -0.39 is 11.0 Å². The van der Waals surface area contributed by atoms with Crippen LogP contribution in [0, 0.1) is 8.99 Å². The maximum atomic E-state index is 12.7. The molecule has 8 nitrogen and oxygen atoms in total. The SMILES string of the molecule is C[C@@H]1OCC2(CCN(c3nc(N)c(I)c(=O)n3C)CC2)[C@@H]1N[S@](=O)C(C)(C)C. The summed E-state index contributed by atoms with van der Waals surface area (Å²) < 4.78 is 23.7. The van der Waals surface area contributed by atoms with Crippen LogP contribution in [0.5, 0.6) is 0 Å². The number of rotatable bonds is 3. The van der Waals surface area contributed by atoms with E-state index in [1.807, 2.05) is 50.3 Å². The number of ether oxygens (including phenoxy) is 1. The number of hydrogen-bond acceptors (Lipinski definition) is 6. The Hall–Kier alpha value is -0.720. The third-order valence-electron chi connectivity index (χ3n) is 5.83. The lowest BCUT2D eigenvalue weighted by Gasteiger charge is -2.43. The van der Waals surface area contributed by atoms with Gasteiger partial charge in [0.15, 0.2) is 0 Å². The molecule has 1 aromatic rings. The number of nitrogens with two attached hydrogens (primary N) is 1. The Balaban J connectivity index is 1.78. The zero-order valence-corrected chi connectivity index (χ0v) is 20.1. The van der Waals surface area contributed by atoms with Gasteiger partial charge in [-0.3, -0.25) is 9.36 Å². The van der Waals surface area contributed by atoms with Crippen molar-refractivity contribution in [3.63, 3.8) is 0 Å². The Morgan fingerprint density at radius 3 is 2.54 bits per heavy atom. The quantitative estimate of drug-likeness (QED) is 0.581. The molecule has 0 unspecified atom stereocenters. The molecule has 0 radical (unpaired) electrons. The molecule has 0 bridgehead atoms. The zero-order chi connectivity index (χ0) is 20.9. The molecular formula is C18H30IN5O3S. The molecule has 2 aliphatic rings. The van der Waals surface area contributed by atoms with Gasteiger partial charge in [-0.2, -0.15) is 4.98 Å². The topological polar surface area (TPSA) is 102 Å². The summed E-state index contributed by atoms with van der Waals surface area (Å²) in [5.74, 6) is 0.879. The van der Waals surface area contributed by atoms with Crippen LogP contribution in [-0.2, 0) is 22.8 Å². The molecule has 0 aromatic carbocycles. The van der Waals surface area contributed by atoms with Crippen LogP contribution < -0.4 is 20.9 Å². The number of nitrogens with zero attached hydrogens (tertiary/aromatic N) is 3. The van der Waals surface area contributed by atoms with Gasteiger partial charge in [-0.25, -0.2) is 8.93 Å². The van der Waals surface area contributed by atoms with E-state index in [0.717, 1.165) is 25.9 Å². The predicted octanol–water partition coefficient (Wildman–Crippen LogP) is 1.39. The van der Waals surface area contributed by atoms with Crippen LogP contribution in [0.3, 0.4) is 0 Å². The van der Waals surface area contributed by atoms with Crippen LogP contribution in [0.4, 0.5) is 11.8 Å². The van der Waals surface area contributed by atoms with Crippen LogP contribution in [-0.4, -0.2) is 50.3 Å². The van der Waals surface area contributed by atoms with Gasteiger partial charge in [-0.05, 0) is 63.1 Å². The highest BCUT2D eigenvalue weighted by atomic mass is 127. The lowest BCUT2D eigenvalue weighted by Crippen LogP contribution is -2.55. The highest BCUT2D eigenvalue weighted by Gasteiger charge is 2.50. The lowest BCUT2D eigenvalue weighted by atomic mass is 9.73. The van der Waals surface area contributed by atoms with Gasteiger partial charge >= 0.3 is 0 Å². The Labute approximate surface area is 182 Å². The summed E-state index contributed by atoms with van der Waals surface area (Å²) in [5, 5.41) is 0. The van der Waals surface area contributed by atoms with Gasteiger partial charge in [0, 0.05) is 25.6 Å². The summed E-state index contributed by atoms with van der Waals surface area (Å²) >= 11 is 1.94. The zero-order valence-electron chi connectivity index (χ0n) is 17.1. The van der Waals surface area contributed by atoms with E-state index in [2.05, 4.69) is 14.6 Å². The molecular weight excluding hydrogens is 493 g/mol. The van der Waals surface area contributed by atoms with Gasteiger partial charge in [-0.1, -0.05) is 0 Å². The van der Waals surface area contributed by atoms with Gasteiger partial charge < -0.3 is 15.4 Å². The van der Waals surface area contributed by atoms with Crippen LogP contribution >= 0.6 is 22.6 Å². The van der Waals surface area contributed by atoms with E-state index in [0.29, 0.717) is 16.1 Å². The van der Waals surface area contributed by atoms with Gasteiger partial charge in [0.1, 0.15) is 9.39 Å². The average Bonchev–Trinajstić information content (AvgIpc) is 2.93. The van der Waals surface area contributed by atoms with Crippen LogP contribution in [0.15, 0.2) is 4.79 Å². The number of hydrogen-bond donors (Lipinski definition) is 2. The van der Waals surface area contributed by atoms with Crippen molar-refractivity contribution in [2.24, 2.45) is 12.5 Å². The normalized spacial score (nSPS) is 26.0. The van der Waals surface area contributed by atoms with Gasteiger partial charge in [0.2, 0.25) is 5.95 Å². The smallest absolute Gasteiger partial charge is 0.270 e. The minimum absolute atomic E-state index is 0.00859. The van der Waals surface area contributed by atoms with Gasteiger partial charge in [0.25, 0.3) is 5.56 Å². The van der Waals surface area contributed by atoms with Crippen molar-refractivity contribution in [2.45, 2.75) is 57.4 Å². The number of anilines is 2. The first kappa shape index (κ1) is 22.0. The Morgan fingerprint density at radius 1 is 1.36 bits per heavy atom. The van der Waals surface area contributed by atoms with Crippen molar-refractivity contribution in [2.75, 3.05) is 30.3 Å². The molecule has 3 N–H and O–H groups in total. The summed E-state index contributed by atoms with van der Waals surface area (Å²) in [5.41, 5.74) is 5.74. The molecule has 2 aliphatic heterocycles.